The molecule has 1 aromatic rings. The van der Waals surface area contributed by atoms with E-state index in [2.05, 4.69) is 5.32 Å². The number of nitrogens with zero attached hydrogens (tertiary/aromatic N) is 1. The predicted molar refractivity (Wildman–Crippen MR) is 96.5 cm³/mol. The summed E-state index contributed by atoms with van der Waals surface area (Å²) in [6.07, 6.45) is -0.548. The van der Waals surface area contributed by atoms with Crippen molar-refractivity contribution in [1.82, 2.24) is 4.90 Å². The van der Waals surface area contributed by atoms with Crippen LogP contribution < -0.4 is 5.32 Å². The van der Waals surface area contributed by atoms with Crippen molar-refractivity contribution < 1.29 is 28.2 Å². The fourth-order valence-electron chi connectivity index (χ4n) is 2.63. The molecule has 0 bridgehead atoms. The molecule has 0 unspecified atom stereocenters. The minimum absolute atomic E-state index is 0.389. The van der Waals surface area contributed by atoms with Crippen LogP contribution >= 0.6 is 0 Å². The second-order valence-electron chi connectivity index (χ2n) is 7.41. The van der Waals surface area contributed by atoms with E-state index in [-0.39, 0.29) is 0 Å². The molecule has 2 atom stereocenters. The maximum Gasteiger partial charge on any atom is 0.411 e. The molecule has 1 heterocycles. The van der Waals surface area contributed by atoms with Crippen molar-refractivity contribution >= 4 is 23.7 Å². The molecule has 0 spiro atoms. The van der Waals surface area contributed by atoms with Gasteiger partial charge in [0, 0.05) is 12.2 Å². The van der Waals surface area contributed by atoms with Crippen LogP contribution in [0.3, 0.4) is 0 Å². The third-order valence-electron chi connectivity index (χ3n) is 3.93. The number of carbonyl (C=O) groups excluding carboxylic acids is 3. The van der Waals surface area contributed by atoms with Gasteiger partial charge in [0.25, 0.3) is 5.91 Å². The molecule has 1 aliphatic rings. The zero-order valence-corrected chi connectivity index (χ0v) is 16.0. The zero-order valence-electron chi connectivity index (χ0n) is 16.0. The number of hydrogen-bond acceptors (Lipinski definition) is 5. The smallest absolute Gasteiger partial charge is 0.411 e. The SMILES string of the molecule is C[C@H](OC(=O)[C@@H]1CCCN1C(=O)OC(C)(C)C)C(=O)Nc1ccc(F)cc1. The Morgan fingerprint density at radius 3 is 2.44 bits per heavy atom. The Morgan fingerprint density at radius 2 is 1.85 bits per heavy atom. The molecule has 148 valence electrons. The highest BCUT2D eigenvalue weighted by Gasteiger charge is 2.38. The molecule has 1 aromatic carbocycles. The number of nitrogens with one attached hydrogen (secondary N) is 1. The zero-order chi connectivity index (χ0) is 20.2. The number of esters is 1. The average Bonchev–Trinajstić information content (AvgIpc) is 3.05. The summed E-state index contributed by atoms with van der Waals surface area (Å²) in [5.74, 6) is -1.62. The van der Waals surface area contributed by atoms with Crippen LogP contribution in [0, 0.1) is 5.82 Å². The van der Waals surface area contributed by atoms with Gasteiger partial charge < -0.3 is 14.8 Å². The third-order valence-corrected chi connectivity index (χ3v) is 3.93. The van der Waals surface area contributed by atoms with Crippen molar-refractivity contribution in [2.75, 3.05) is 11.9 Å². The van der Waals surface area contributed by atoms with Crippen LogP contribution in [-0.4, -0.2) is 47.2 Å². The summed E-state index contributed by atoms with van der Waals surface area (Å²) in [5, 5.41) is 2.54. The number of benzene rings is 1. The lowest BCUT2D eigenvalue weighted by Gasteiger charge is -2.28. The van der Waals surface area contributed by atoms with E-state index in [9.17, 15) is 18.8 Å². The lowest BCUT2D eigenvalue weighted by Crippen LogP contribution is -2.45. The van der Waals surface area contributed by atoms with E-state index in [0.717, 1.165) is 0 Å². The molecular weight excluding hydrogens is 355 g/mol. The molecule has 1 saturated heterocycles. The van der Waals surface area contributed by atoms with Crippen LogP contribution in [-0.2, 0) is 19.1 Å². The minimum Gasteiger partial charge on any atom is -0.451 e. The fourth-order valence-corrected chi connectivity index (χ4v) is 2.63. The van der Waals surface area contributed by atoms with Crippen molar-refractivity contribution in [3.63, 3.8) is 0 Å². The maximum absolute atomic E-state index is 12.9. The Kier molecular flexibility index (Phi) is 6.41. The topological polar surface area (TPSA) is 84.9 Å². The highest BCUT2D eigenvalue weighted by molar-refractivity contribution is 5.95. The number of amides is 2. The van der Waals surface area contributed by atoms with Gasteiger partial charge in [-0.05, 0) is 64.8 Å². The number of likely N-dealkylation sites (tertiary alicyclic amines) is 1. The molecule has 8 heteroatoms. The van der Waals surface area contributed by atoms with E-state index >= 15 is 0 Å². The van der Waals surface area contributed by atoms with Gasteiger partial charge in [0.05, 0.1) is 0 Å². The molecule has 1 N–H and O–H groups in total. The molecule has 2 amide bonds. The number of ether oxygens (including phenoxy) is 2. The fraction of sp³-hybridized carbons (Fsp3) is 0.526. The number of halogens is 1. The summed E-state index contributed by atoms with van der Waals surface area (Å²) >= 11 is 0. The first-order chi connectivity index (χ1) is 12.6. The maximum atomic E-state index is 12.9. The van der Waals surface area contributed by atoms with Crippen LogP contribution in [0.15, 0.2) is 24.3 Å². The van der Waals surface area contributed by atoms with Crippen LogP contribution in [0.25, 0.3) is 0 Å². The van der Waals surface area contributed by atoms with E-state index in [1.807, 2.05) is 0 Å². The van der Waals surface area contributed by atoms with Crippen molar-refractivity contribution in [3.8, 4) is 0 Å². The number of anilines is 1. The summed E-state index contributed by atoms with van der Waals surface area (Å²) in [6.45, 7) is 7.07. The van der Waals surface area contributed by atoms with E-state index in [0.29, 0.717) is 25.1 Å². The molecule has 2 rings (SSSR count). The molecular formula is C19H25FN2O5. The van der Waals surface area contributed by atoms with Crippen molar-refractivity contribution in [3.05, 3.63) is 30.1 Å². The first-order valence-electron chi connectivity index (χ1n) is 8.83. The summed E-state index contributed by atoms with van der Waals surface area (Å²) < 4.78 is 23.4. The molecule has 1 fully saturated rings. The second kappa shape index (κ2) is 8.37. The van der Waals surface area contributed by atoms with E-state index in [4.69, 9.17) is 9.47 Å². The summed E-state index contributed by atoms with van der Waals surface area (Å²) in [6, 6.07) is 4.46. The second-order valence-corrected chi connectivity index (χ2v) is 7.41. The highest BCUT2D eigenvalue weighted by Crippen LogP contribution is 2.22. The van der Waals surface area contributed by atoms with Gasteiger partial charge in [0.15, 0.2) is 6.10 Å². The normalized spacial score (nSPS) is 18.0. The molecule has 27 heavy (non-hydrogen) atoms. The molecule has 1 aliphatic heterocycles. The Balaban J connectivity index is 1.93. The van der Waals surface area contributed by atoms with Crippen molar-refractivity contribution in [2.24, 2.45) is 0 Å². The van der Waals surface area contributed by atoms with Gasteiger partial charge >= 0.3 is 12.1 Å². The average molecular weight is 380 g/mol. The van der Waals surface area contributed by atoms with E-state index < -0.39 is 41.5 Å². The quantitative estimate of drug-likeness (QED) is 0.812. The van der Waals surface area contributed by atoms with Gasteiger partial charge in [0.2, 0.25) is 0 Å². The monoisotopic (exact) mass is 380 g/mol. The summed E-state index contributed by atoms with van der Waals surface area (Å²) in [7, 11) is 0. The Hall–Kier alpha value is -2.64. The lowest BCUT2D eigenvalue weighted by molar-refractivity contribution is -0.157. The number of carbonyl (C=O) groups is 3. The number of rotatable bonds is 4. The van der Waals surface area contributed by atoms with Gasteiger partial charge in [-0.2, -0.15) is 0 Å². The highest BCUT2D eigenvalue weighted by atomic mass is 19.1. The first kappa shape index (κ1) is 20.7. The van der Waals surface area contributed by atoms with Crippen LogP contribution in [0.5, 0.6) is 0 Å². The third kappa shape index (κ3) is 5.94. The van der Waals surface area contributed by atoms with Crippen LogP contribution in [0.4, 0.5) is 14.9 Å². The molecule has 0 saturated carbocycles. The van der Waals surface area contributed by atoms with Gasteiger partial charge in [-0.15, -0.1) is 0 Å². The van der Waals surface area contributed by atoms with E-state index in [1.54, 1.807) is 20.8 Å². The first-order valence-corrected chi connectivity index (χ1v) is 8.83. The molecule has 0 aliphatic carbocycles. The Labute approximate surface area is 157 Å². The molecule has 7 nitrogen and oxygen atoms in total. The predicted octanol–water partition coefficient (Wildman–Crippen LogP) is 3.10. The van der Waals surface area contributed by atoms with Crippen molar-refractivity contribution in [1.29, 1.82) is 0 Å². The van der Waals surface area contributed by atoms with Crippen LogP contribution in [0.1, 0.15) is 40.5 Å². The standard InChI is InChI=1S/C19H25FN2O5/c1-12(16(23)21-14-9-7-13(20)8-10-14)26-17(24)15-6-5-11-22(15)18(25)27-19(2,3)4/h7-10,12,15H,5-6,11H2,1-4H3,(H,21,23)/t12-,15-/m0/s1. The minimum atomic E-state index is -1.07. The van der Waals surface area contributed by atoms with Gasteiger partial charge in [-0.25, -0.2) is 14.0 Å². The number of hydrogen-bond donors (Lipinski definition) is 1. The van der Waals surface area contributed by atoms with Gasteiger partial charge in [-0.3, -0.25) is 9.69 Å². The summed E-state index contributed by atoms with van der Waals surface area (Å²) in [5.41, 5.74) is -0.281. The summed E-state index contributed by atoms with van der Waals surface area (Å²) in [4.78, 5) is 38.2. The molecule has 0 radical (unpaired) electrons. The molecule has 0 aromatic heterocycles. The lowest BCUT2D eigenvalue weighted by atomic mass is 10.2. The van der Waals surface area contributed by atoms with Gasteiger partial charge in [0.1, 0.15) is 17.5 Å². The largest absolute Gasteiger partial charge is 0.451 e. The van der Waals surface area contributed by atoms with Crippen LogP contribution in [0.2, 0.25) is 0 Å². The van der Waals surface area contributed by atoms with Gasteiger partial charge in [-0.1, -0.05) is 0 Å². The Morgan fingerprint density at radius 1 is 1.22 bits per heavy atom. The van der Waals surface area contributed by atoms with Crippen molar-refractivity contribution in [2.45, 2.75) is 58.3 Å². The van der Waals surface area contributed by atoms with E-state index in [1.165, 1.54) is 36.1 Å². The Bertz CT molecular complexity index is 699.